The summed E-state index contributed by atoms with van der Waals surface area (Å²) in [6.45, 7) is 0. The molecule has 13 heteroatoms. The third kappa shape index (κ3) is 5.54. The van der Waals surface area contributed by atoms with Gasteiger partial charge < -0.3 is 15.8 Å². The number of ether oxygens (including phenoxy) is 1. The molecule has 1 atom stereocenters. The first-order valence-corrected chi connectivity index (χ1v) is 14.5. The summed E-state index contributed by atoms with van der Waals surface area (Å²) < 4.78 is 6.75. The number of halogens is 1. The zero-order valence-electron chi connectivity index (χ0n) is 20.7. The molecule has 1 aliphatic carbocycles. The quantitative estimate of drug-likeness (QED) is 0.354. The minimum atomic E-state index is -0.596. The molecule has 3 N–H and O–H groups in total. The molecular formula is C26H22BrN7O3S2. The number of pyridine rings is 1. The summed E-state index contributed by atoms with van der Waals surface area (Å²) in [6, 6.07) is 13.1. The van der Waals surface area contributed by atoms with Crippen LogP contribution in [0.25, 0.3) is 0 Å². The van der Waals surface area contributed by atoms with E-state index in [1.165, 1.54) is 23.1 Å². The maximum atomic E-state index is 13.3. The monoisotopic (exact) mass is 623 g/mol. The van der Waals surface area contributed by atoms with Crippen LogP contribution >= 0.6 is 39.0 Å². The van der Waals surface area contributed by atoms with Gasteiger partial charge in [-0.3, -0.25) is 14.5 Å². The number of thioether (sulfide) groups is 1. The van der Waals surface area contributed by atoms with Crippen molar-refractivity contribution in [1.29, 1.82) is 5.26 Å². The van der Waals surface area contributed by atoms with E-state index in [1.54, 1.807) is 30.3 Å². The molecule has 1 unspecified atom stereocenters. The van der Waals surface area contributed by atoms with E-state index < -0.39 is 5.92 Å². The van der Waals surface area contributed by atoms with Crippen molar-refractivity contribution < 1.29 is 14.3 Å². The number of methoxy groups -OCH3 is 1. The molecule has 0 saturated heterocycles. The normalized spacial score (nSPS) is 17.1. The first-order chi connectivity index (χ1) is 18.9. The average Bonchev–Trinajstić information content (AvgIpc) is 3.41. The molecule has 1 amide bonds. The van der Waals surface area contributed by atoms with E-state index in [2.05, 4.69) is 42.5 Å². The summed E-state index contributed by atoms with van der Waals surface area (Å²) >= 11 is 5.78. The van der Waals surface area contributed by atoms with E-state index in [4.69, 9.17) is 10.5 Å². The third-order valence-electron chi connectivity index (χ3n) is 6.25. The topological polar surface area (TPSA) is 147 Å². The molecular weight excluding hydrogens is 602 g/mol. The fourth-order valence-electron chi connectivity index (χ4n) is 4.57. The molecule has 0 radical (unpaired) electrons. The Kier molecular flexibility index (Phi) is 7.97. The minimum absolute atomic E-state index is 0.0216. The Morgan fingerprint density at radius 3 is 2.92 bits per heavy atom. The van der Waals surface area contributed by atoms with Crippen molar-refractivity contribution in [2.45, 2.75) is 29.5 Å². The summed E-state index contributed by atoms with van der Waals surface area (Å²) in [5, 5.41) is 21.9. The number of benzene rings is 1. The Hall–Kier alpha value is -3.73. The van der Waals surface area contributed by atoms with E-state index in [0.717, 1.165) is 15.7 Å². The zero-order valence-corrected chi connectivity index (χ0v) is 23.9. The van der Waals surface area contributed by atoms with Gasteiger partial charge in [0, 0.05) is 28.4 Å². The fraction of sp³-hybridized carbons (Fsp3) is 0.231. The molecule has 0 bridgehead atoms. The third-order valence-corrected chi connectivity index (χ3v) is 8.76. The van der Waals surface area contributed by atoms with Gasteiger partial charge in [-0.25, -0.2) is 4.98 Å². The van der Waals surface area contributed by atoms with Crippen LogP contribution in [0, 0.1) is 11.3 Å². The van der Waals surface area contributed by atoms with Crippen LogP contribution < -0.4 is 20.7 Å². The highest BCUT2D eigenvalue weighted by Crippen LogP contribution is 2.47. The number of hydrogen-bond donors (Lipinski definition) is 2. The van der Waals surface area contributed by atoms with Gasteiger partial charge in [0.2, 0.25) is 11.0 Å². The lowest BCUT2D eigenvalue weighted by Crippen LogP contribution is -2.38. The summed E-state index contributed by atoms with van der Waals surface area (Å²) in [5.74, 6) is 0.538. The highest BCUT2D eigenvalue weighted by atomic mass is 79.9. The van der Waals surface area contributed by atoms with Crippen molar-refractivity contribution in [2.75, 3.05) is 23.1 Å². The number of nitrogens with one attached hydrogen (secondary N) is 1. The smallest absolute Gasteiger partial charge is 0.235 e. The van der Waals surface area contributed by atoms with Gasteiger partial charge in [-0.15, -0.1) is 10.2 Å². The number of hydrogen-bond acceptors (Lipinski definition) is 11. The highest BCUT2D eigenvalue weighted by Gasteiger charge is 2.41. The number of ketones is 1. The van der Waals surface area contributed by atoms with Crippen LogP contribution in [-0.2, 0) is 9.59 Å². The Morgan fingerprint density at radius 2 is 2.18 bits per heavy atom. The molecule has 10 nitrogen and oxygen atoms in total. The Bertz CT molecular complexity index is 1550. The van der Waals surface area contributed by atoms with Crippen LogP contribution in [0.3, 0.4) is 0 Å². The van der Waals surface area contributed by atoms with Crippen LogP contribution in [0.5, 0.6) is 5.75 Å². The molecule has 1 aromatic carbocycles. The number of nitriles is 1. The number of amides is 1. The second-order valence-corrected chi connectivity index (χ2v) is 11.7. The lowest BCUT2D eigenvalue weighted by molar-refractivity contribution is -0.116. The number of carbonyl (C=O) groups excluding carboxylic acids is 2. The second-order valence-electron chi connectivity index (χ2n) is 8.64. The predicted molar refractivity (Wildman–Crippen MR) is 152 cm³/mol. The standard InChI is InChI=1S/C26H22BrN7O3S2/c1-37-16-5-2-4-14(10-16)22-17(11-28)24(29)34(18-6-3-7-19(35)23(18)22)25-32-33-26(39-25)38-13-21(36)31-20-9-8-15(27)12-30-20/h2,4-5,8-10,12,22H,3,6-7,13,29H2,1H3,(H,30,31,36). The molecule has 0 saturated carbocycles. The van der Waals surface area contributed by atoms with Gasteiger partial charge in [-0.2, -0.15) is 5.26 Å². The largest absolute Gasteiger partial charge is 0.497 e. The number of allylic oxidation sites excluding steroid dienone is 3. The molecule has 3 aromatic rings. The Morgan fingerprint density at radius 1 is 1.33 bits per heavy atom. The predicted octanol–water partition coefficient (Wildman–Crippen LogP) is 4.74. The van der Waals surface area contributed by atoms with Gasteiger partial charge >= 0.3 is 0 Å². The molecule has 3 heterocycles. The zero-order chi connectivity index (χ0) is 27.5. The summed E-state index contributed by atoms with van der Waals surface area (Å²) in [4.78, 5) is 31.5. The fourth-order valence-corrected chi connectivity index (χ4v) is 6.48. The number of carbonyl (C=O) groups is 2. The van der Waals surface area contributed by atoms with Crippen molar-refractivity contribution in [3.8, 4) is 11.8 Å². The molecule has 0 fully saturated rings. The van der Waals surface area contributed by atoms with Gasteiger partial charge in [0.15, 0.2) is 10.1 Å². The minimum Gasteiger partial charge on any atom is -0.497 e. The number of rotatable bonds is 7. The SMILES string of the molecule is COc1cccc(C2C(C#N)=C(N)N(c3nnc(SCC(=O)Nc4ccc(Br)cn4)s3)C3=C2C(=O)CCC3)c1. The van der Waals surface area contributed by atoms with E-state index in [1.807, 2.05) is 24.3 Å². The van der Waals surface area contributed by atoms with Crippen molar-refractivity contribution in [1.82, 2.24) is 15.2 Å². The molecule has 0 spiro atoms. The van der Waals surface area contributed by atoms with Crippen molar-refractivity contribution in [3.05, 3.63) is 75.3 Å². The number of nitrogens with two attached hydrogens (primary N) is 1. The number of aromatic nitrogens is 3. The lowest BCUT2D eigenvalue weighted by atomic mass is 9.76. The molecule has 198 valence electrons. The van der Waals surface area contributed by atoms with Crippen LogP contribution in [-0.4, -0.2) is 39.7 Å². The van der Waals surface area contributed by atoms with Crippen LogP contribution in [0.1, 0.15) is 30.7 Å². The second kappa shape index (κ2) is 11.6. The first kappa shape index (κ1) is 26.9. The van der Waals surface area contributed by atoms with E-state index >= 15 is 0 Å². The molecule has 39 heavy (non-hydrogen) atoms. The van der Waals surface area contributed by atoms with Crippen molar-refractivity contribution in [3.63, 3.8) is 0 Å². The van der Waals surface area contributed by atoms with Gasteiger partial charge in [-0.1, -0.05) is 35.2 Å². The van der Waals surface area contributed by atoms with Crippen molar-refractivity contribution >= 4 is 61.7 Å². The lowest BCUT2D eigenvalue weighted by Gasteiger charge is -2.38. The van der Waals surface area contributed by atoms with Gasteiger partial charge in [-0.05, 0) is 58.6 Å². The summed E-state index contributed by atoms with van der Waals surface area (Å²) in [6.07, 6.45) is 3.26. The molecule has 2 aliphatic rings. The van der Waals surface area contributed by atoms with Crippen LogP contribution in [0.4, 0.5) is 10.9 Å². The first-order valence-electron chi connectivity index (χ1n) is 11.9. The van der Waals surface area contributed by atoms with Gasteiger partial charge in [0.25, 0.3) is 0 Å². The van der Waals surface area contributed by atoms with Crippen LogP contribution in [0.15, 0.2) is 74.1 Å². The van der Waals surface area contributed by atoms with Crippen molar-refractivity contribution in [2.24, 2.45) is 5.73 Å². The van der Waals surface area contributed by atoms with E-state index in [0.29, 0.717) is 45.9 Å². The maximum Gasteiger partial charge on any atom is 0.235 e. The number of Topliss-reactive ketones (excluding diaryl/α,β-unsaturated/α-hetero) is 1. The summed E-state index contributed by atoms with van der Waals surface area (Å²) in [7, 11) is 1.57. The Labute approximate surface area is 241 Å². The van der Waals surface area contributed by atoms with Gasteiger partial charge in [0.05, 0.1) is 30.4 Å². The maximum absolute atomic E-state index is 13.3. The van der Waals surface area contributed by atoms with E-state index in [-0.39, 0.29) is 28.8 Å². The van der Waals surface area contributed by atoms with Crippen LogP contribution in [0.2, 0.25) is 0 Å². The summed E-state index contributed by atoms with van der Waals surface area (Å²) in [5.41, 5.74) is 8.91. The molecule has 1 aliphatic heterocycles. The molecule has 5 rings (SSSR count). The molecule has 2 aromatic heterocycles. The Balaban J connectivity index is 1.42. The highest BCUT2D eigenvalue weighted by molar-refractivity contribution is 9.10. The number of anilines is 2. The number of nitrogens with zero attached hydrogens (tertiary/aromatic N) is 5. The van der Waals surface area contributed by atoms with E-state index in [9.17, 15) is 14.9 Å². The average molecular weight is 625 g/mol. The van der Waals surface area contributed by atoms with Gasteiger partial charge in [0.1, 0.15) is 17.4 Å².